The Morgan fingerprint density at radius 2 is 2.33 bits per heavy atom. The predicted molar refractivity (Wildman–Crippen MR) is 76.9 cm³/mol. The molecule has 0 aromatic carbocycles. The van der Waals surface area contributed by atoms with Crippen LogP contribution >= 0.6 is 11.8 Å². The maximum absolute atomic E-state index is 11.9. The molecule has 0 unspecified atom stereocenters. The largest absolute Gasteiger partial charge is 0.360 e. The summed E-state index contributed by atoms with van der Waals surface area (Å²) in [5.74, 6) is 1.09. The van der Waals surface area contributed by atoms with Gasteiger partial charge >= 0.3 is 0 Å². The normalized spacial score (nSPS) is 11.0. The van der Waals surface area contributed by atoms with Gasteiger partial charge in [0.1, 0.15) is 17.1 Å². The van der Waals surface area contributed by atoms with E-state index < -0.39 is 0 Å². The molecule has 0 saturated heterocycles. The zero-order valence-electron chi connectivity index (χ0n) is 11.4. The lowest BCUT2D eigenvalue weighted by atomic mass is 10.4. The minimum Gasteiger partial charge on any atom is -0.360 e. The molecular weight excluding hydrogens is 292 g/mol. The van der Waals surface area contributed by atoms with E-state index in [2.05, 4.69) is 25.5 Å². The SMILES string of the molecule is Cc1cc(NC(=O)CSc2ncnc3c2cnn3C)no1. The Balaban J connectivity index is 1.67. The second-order valence-corrected chi connectivity index (χ2v) is 5.31. The van der Waals surface area contributed by atoms with Crippen molar-refractivity contribution in [3.8, 4) is 0 Å². The van der Waals surface area contributed by atoms with Crippen LogP contribution in [0.15, 0.2) is 28.1 Å². The summed E-state index contributed by atoms with van der Waals surface area (Å²) >= 11 is 1.32. The molecule has 0 aliphatic heterocycles. The minimum absolute atomic E-state index is 0.177. The quantitative estimate of drug-likeness (QED) is 0.574. The number of aryl methyl sites for hydroxylation is 2. The minimum atomic E-state index is -0.177. The fourth-order valence-corrected chi connectivity index (χ4v) is 2.55. The van der Waals surface area contributed by atoms with E-state index in [1.165, 1.54) is 18.1 Å². The smallest absolute Gasteiger partial charge is 0.236 e. The number of rotatable bonds is 4. The topological polar surface area (TPSA) is 98.7 Å². The third-order valence-corrected chi connectivity index (χ3v) is 3.73. The van der Waals surface area contributed by atoms with Crippen LogP contribution in [0.5, 0.6) is 0 Å². The van der Waals surface area contributed by atoms with Crippen molar-refractivity contribution in [2.24, 2.45) is 7.05 Å². The molecule has 3 rings (SSSR count). The number of anilines is 1. The highest BCUT2D eigenvalue weighted by Gasteiger charge is 2.11. The van der Waals surface area contributed by atoms with Crippen molar-refractivity contribution >= 4 is 34.5 Å². The average molecular weight is 304 g/mol. The van der Waals surface area contributed by atoms with E-state index in [-0.39, 0.29) is 11.7 Å². The van der Waals surface area contributed by atoms with E-state index in [1.54, 1.807) is 23.9 Å². The number of carbonyl (C=O) groups is 1. The molecule has 8 nitrogen and oxygen atoms in total. The highest BCUT2D eigenvalue weighted by atomic mass is 32.2. The van der Waals surface area contributed by atoms with E-state index in [1.807, 2.05) is 7.05 Å². The molecule has 3 heterocycles. The van der Waals surface area contributed by atoms with Gasteiger partial charge in [-0.1, -0.05) is 16.9 Å². The molecule has 0 spiro atoms. The molecule has 0 aliphatic carbocycles. The van der Waals surface area contributed by atoms with Crippen LogP contribution in [0.2, 0.25) is 0 Å². The van der Waals surface area contributed by atoms with Crippen LogP contribution in [0.25, 0.3) is 11.0 Å². The Labute approximate surface area is 123 Å². The van der Waals surface area contributed by atoms with Crippen molar-refractivity contribution in [2.45, 2.75) is 11.9 Å². The molecule has 108 valence electrons. The van der Waals surface area contributed by atoms with Gasteiger partial charge in [-0.25, -0.2) is 9.97 Å². The molecule has 9 heteroatoms. The summed E-state index contributed by atoms with van der Waals surface area (Å²) in [7, 11) is 1.81. The maximum atomic E-state index is 11.9. The Bertz CT molecular complexity index is 796. The summed E-state index contributed by atoms with van der Waals surface area (Å²) in [6.45, 7) is 1.76. The van der Waals surface area contributed by atoms with Gasteiger partial charge in [-0.3, -0.25) is 9.48 Å². The number of amides is 1. The van der Waals surface area contributed by atoms with Gasteiger partial charge in [0.15, 0.2) is 11.5 Å². The fraction of sp³-hybridized carbons (Fsp3) is 0.250. The van der Waals surface area contributed by atoms with Crippen LogP contribution in [0.1, 0.15) is 5.76 Å². The lowest BCUT2D eigenvalue weighted by molar-refractivity contribution is -0.113. The summed E-state index contributed by atoms with van der Waals surface area (Å²) in [6, 6.07) is 1.66. The first-order chi connectivity index (χ1) is 10.1. The monoisotopic (exact) mass is 304 g/mol. The van der Waals surface area contributed by atoms with Crippen molar-refractivity contribution in [2.75, 3.05) is 11.1 Å². The number of thioether (sulfide) groups is 1. The standard InChI is InChI=1S/C12H12N6O2S/c1-7-3-9(17-20-7)16-10(19)5-21-12-8-4-15-18(2)11(8)13-6-14-12/h3-4,6H,5H2,1-2H3,(H,16,17,19). The first-order valence-corrected chi connectivity index (χ1v) is 7.11. The third-order valence-electron chi connectivity index (χ3n) is 2.73. The lowest BCUT2D eigenvalue weighted by Crippen LogP contribution is -2.14. The molecule has 21 heavy (non-hydrogen) atoms. The second kappa shape index (κ2) is 5.52. The van der Waals surface area contributed by atoms with Crippen LogP contribution in [0.3, 0.4) is 0 Å². The third kappa shape index (κ3) is 2.87. The number of carbonyl (C=O) groups excluding carboxylic acids is 1. The summed E-state index contributed by atoms with van der Waals surface area (Å²) in [5.41, 5.74) is 0.736. The van der Waals surface area contributed by atoms with Gasteiger partial charge in [0.2, 0.25) is 5.91 Å². The van der Waals surface area contributed by atoms with E-state index in [0.29, 0.717) is 11.6 Å². The second-order valence-electron chi connectivity index (χ2n) is 4.34. The number of aromatic nitrogens is 5. The number of fused-ring (bicyclic) bond motifs is 1. The molecule has 0 atom stereocenters. The summed E-state index contributed by atoms with van der Waals surface area (Å²) < 4.78 is 6.55. The Hall–Kier alpha value is -2.42. The molecule has 1 N–H and O–H groups in total. The predicted octanol–water partition coefficient (Wildman–Crippen LogP) is 1.39. The van der Waals surface area contributed by atoms with Crippen molar-refractivity contribution in [1.29, 1.82) is 0 Å². The Morgan fingerprint density at radius 3 is 3.10 bits per heavy atom. The lowest BCUT2D eigenvalue weighted by Gasteiger charge is -2.02. The van der Waals surface area contributed by atoms with Gasteiger partial charge in [0.05, 0.1) is 17.3 Å². The number of nitrogens with one attached hydrogen (secondary N) is 1. The van der Waals surface area contributed by atoms with Crippen LogP contribution in [-0.4, -0.2) is 36.6 Å². The highest BCUT2D eigenvalue weighted by molar-refractivity contribution is 8.00. The van der Waals surface area contributed by atoms with Gasteiger partial charge in [-0.05, 0) is 6.92 Å². The van der Waals surface area contributed by atoms with Crippen LogP contribution in [0.4, 0.5) is 5.82 Å². The molecule has 1 amide bonds. The highest BCUT2D eigenvalue weighted by Crippen LogP contribution is 2.23. The molecule has 0 fully saturated rings. The Morgan fingerprint density at radius 1 is 1.48 bits per heavy atom. The molecule has 0 bridgehead atoms. The molecular formula is C12H12N6O2S. The van der Waals surface area contributed by atoms with E-state index >= 15 is 0 Å². The van der Waals surface area contributed by atoms with E-state index in [9.17, 15) is 4.79 Å². The van der Waals surface area contributed by atoms with Crippen molar-refractivity contribution in [3.05, 3.63) is 24.4 Å². The van der Waals surface area contributed by atoms with Crippen LogP contribution in [-0.2, 0) is 11.8 Å². The molecule has 0 radical (unpaired) electrons. The number of hydrogen-bond donors (Lipinski definition) is 1. The van der Waals surface area contributed by atoms with Gasteiger partial charge < -0.3 is 9.84 Å². The molecule has 3 aromatic heterocycles. The zero-order chi connectivity index (χ0) is 14.8. The summed E-state index contributed by atoms with van der Waals surface area (Å²) in [5, 5.41) is 12.0. The van der Waals surface area contributed by atoms with Gasteiger partial charge in [0, 0.05) is 13.1 Å². The van der Waals surface area contributed by atoms with E-state index in [4.69, 9.17) is 4.52 Å². The average Bonchev–Trinajstić information content (AvgIpc) is 3.04. The Kier molecular flexibility index (Phi) is 3.57. The fourth-order valence-electron chi connectivity index (χ4n) is 1.79. The van der Waals surface area contributed by atoms with Gasteiger partial charge in [-0.15, -0.1) is 0 Å². The number of hydrogen-bond acceptors (Lipinski definition) is 7. The first kappa shape index (κ1) is 13.6. The van der Waals surface area contributed by atoms with Gasteiger partial charge in [-0.2, -0.15) is 5.10 Å². The summed E-state index contributed by atoms with van der Waals surface area (Å²) in [6.07, 6.45) is 3.15. The zero-order valence-corrected chi connectivity index (χ0v) is 12.2. The maximum Gasteiger partial charge on any atom is 0.236 e. The molecule has 0 saturated carbocycles. The van der Waals surface area contributed by atoms with Crippen molar-refractivity contribution in [3.63, 3.8) is 0 Å². The van der Waals surface area contributed by atoms with Crippen molar-refractivity contribution < 1.29 is 9.32 Å². The van der Waals surface area contributed by atoms with Crippen LogP contribution in [0, 0.1) is 6.92 Å². The molecule has 0 aliphatic rings. The van der Waals surface area contributed by atoms with Gasteiger partial charge in [0.25, 0.3) is 0 Å². The van der Waals surface area contributed by atoms with E-state index in [0.717, 1.165) is 16.1 Å². The summed E-state index contributed by atoms with van der Waals surface area (Å²) in [4.78, 5) is 20.2. The molecule has 3 aromatic rings. The number of nitrogens with zero attached hydrogens (tertiary/aromatic N) is 5. The van der Waals surface area contributed by atoms with Crippen LogP contribution < -0.4 is 5.32 Å². The first-order valence-electron chi connectivity index (χ1n) is 6.12. The van der Waals surface area contributed by atoms with Crippen molar-refractivity contribution in [1.82, 2.24) is 24.9 Å².